The van der Waals surface area contributed by atoms with Crippen molar-refractivity contribution in [2.45, 2.75) is 6.04 Å². The fraction of sp³-hybridized carbons (Fsp3) is 0.143. The molecule has 4 rings (SSSR count). The summed E-state index contributed by atoms with van der Waals surface area (Å²) in [5.74, 6) is 1.52. The summed E-state index contributed by atoms with van der Waals surface area (Å²) >= 11 is 0. The molecule has 8 nitrogen and oxygen atoms in total. The van der Waals surface area contributed by atoms with Crippen molar-refractivity contribution >= 4 is 22.3 Å². The Morgan fingerprint density at radius 2 is 2.00 bits per heavy atom. The van der Waals surface area contributed by atoms with E-state index in [9.17, 15) is 10.1 Å². The third-order valence-electron chi connectivity index (χ3n) is 4.79. The molecule has 0 unspecified atom stereocenters. The van der Waals surface area contributed by atoms with Crippen LogP contribution in [-0.4, -0.2) is 26.6 Å². The van der Waals surface area contributed by atoms with Crippen LogP contribution >= 0.6 is 0 Å². The zero-order chi connectivity index (χ0) is 20.4. The smallest absolute Gasteiger partial charge is 0.278 e. The highest BCUT2D eigenvalue weighted by Gasteiger charge is 2.22. The van der Waals surface area contributed by atoms with Crippen LogP contribution in [0.5, 0.6) is 5.75 Å². The maximum atomic E-state index is 11.4. The van der Waals surface area contributed by atoms with E-state index in [0.717, 1.165) is 17.1 Å². The van der Waals surface area contributed by atoms with E-state index in [-0.39, 0.29) is 11.7 Å². The molecule has 0 saturated carbocycles. The second-order valence-corrected chi connectivity index (χ2v) is 6.54. The van der Waals surface area contributed by atoms with E-state index < -0.39 is 4.92 Å². The molecule has 1 atom stereocenters. The summed E-state index contributed by atoms with van der Waals surface area (Å²) in [7, 11) is 3.54. The number of nitro benzene ring substituents is 1. The molecule has 8 heteroatoms. The lowest BCUT2D eigenvalue weighted by molar-refractivity contribution is -0.383. The molecule has 0 radical (unpaired) electrons. The van der Waals surface area contributed by atoms with Crippen molar-refractivity contribution in [1.29, 1.82) is 0 Å². The standard InChI is InChI=1S/C21H19N5O3/c1-25-12-11-23-21(25)19(14-5-3-6-15(13-14)29-2)24-17-8-9-18(26(27)28)16-7-4-10-22-20(16)17/h3-13,19,24H,1-2H3/t19-/m1/s1. The number of nitro groups is 1. The van der Waals surface area contributed by atoms with Gasteiger partial charge in [0.05, 0.1) is 23.1 Å². The Bertz CT molecular complexity index is 1190. The summed E-state index contributed by atoms with van der Waals surface area (Å²) in [5.41, 5.74) is 2.18. The van der Waals surface area contributed by atoms with E-state index in [1.165, 1.54) is 6.07 Å². The van der Waals surface area contributed by atoms with Crippen LogP contribution in [0.2, 0.25) is 0 Å². The number of hydrogen-bond donors (Lipinski definition) is 1. The van der Waals surface area contributed by atoms with Crippen molar-refractivity contribution in [3.63, 3.8) is 0 Å². The first-order valence-corrected chi connectivity index (χ1v) is 8.98. The Labute approximate surface area is 166 Å². The lowest BCUT2D eigenvalue weighted by Gasteiger charge is -2.21. The molecule has 0 amide bonds. The molecule has 2 aromatic heterocycles. The van der Waals surface area contributed by atoms with Crippen molar-refractivity contribution in [2.24, 2.45) is 7.05 Å². The minimum Gasteiger partial charge on any atom is -0.497 e. The monoisotopic (exact) mass is 389 g/mol. The SMILES string of the molecule is COc1cccc([C@@H](Nc2ccc([N+](=O)[O-])c3cccnc23)c2nccn2C)c1. The van der Waals surface area contributed by atoms with E-state index in [2.05, 4.69) is 15.3 Å². The summed E-state index contributed by atoms with van der Waals surface area (Å²) < 4.78 is 7.30. The predicted molar refractivity (Wildman–Crippen MR) is 110 cm³/mol. The first kappa shape index (κ1) is 18.4. The molecule has 2 heterocycles. The van der Waals surface area contributed by atoms with Gasteiger partial charge in [0, 0.05) is 31.7 Å². The lowest BCUT2D eigenvalue weighted by Crippen LogP contribution is -2.17. The minimum absolute atomic E-state index is 0.0218. The Balaban J connectivity index is 1.85. The fourth-order valence-electron chi connectivity index (χ4n) is 3.36. The average Bonchev–Trinajstić information content (AvgIpc) is 3.17. The Morgan fingerprint density at radius 3 is 2.72 bits per heavy atom. The molecule has 0 spiro atoms. The molecule has 146 valence electrons. The maximum absolute atomic E-state index is 11.4. The van der Waals surface area contributed by atoms with Gasteiger partial charge in [-0.05, 0) is 35.9 Å². The van der Waals surface area contributed by atoms with Crippen LogP contribution in [0.3, 0.4) is 0 Å². The number of fused-ring (bicyclic) bond motifs is 1. The summed E-state index contributed by atoms with van der Waals surface area (Å²) in [6, 6.07) is 14.0. The Morgan fingerprint density at radius 1 is 1.14 bits per heavy atom. The molecule has 29 heavy (non-hydrogen) atoms. The van der Waals surface area contributed by atoms with Crippen molar-refractivity contribution in [2.75, 3.05) is 12.4 Å². The predicted octanol–water partition coefficient (Wildman–Crippen LogP) is 4.09. The number of rotatable bonds is 6. The van der Waals surface area contributed by atoms with Gasteiger partial charge in [-0.15, -0.1) is 0 Å². The van der Waals surface area contributed by atoms with Crippen molar-refractivity contribution < 1.29 is 9.66 Å². The lowest BCUT2D eigenvalue weighted by atomic mass is 10.0. The number of benzene rings is 2. The fourth-order valence-corrected chi connectivity index (χ4v) is 3.36. The molecule has 1 N–H and O–H groups in total. The normalized spacial score (nSPS) is 11.9. The van der Waals surface area contributed by atoms with Crippen LogP contribution in [0.1, 0.15) is 17.4 Å². The van der Waals surface area contributed by atoms with Gasteiger partial charge in [-0.3, -0.25) is 15.1 Å². The molecule has 0 saturated heterocycles. The molecule has 0 fully saturated rings. The maximum Gasteiger partial charge on any atom is 0.278 e. The zero-order valence-corrected chi connectivity index (χ0v) is 15.9. The van der Waals surface area contributed by atoms with Crippen molar-refractivity contribution in [3.05, 3.63) is 88.6 Å². The van der Waals surface area contributed by atoms with Crippen molar-refractivity contribution in [1.82, 2.24) is 14.5 Å². The average molecular weight is 389 g/mol. The number of nitrogens with zero attached hydrogens (tertiary/aromatic N) is 4. The van der Waals surface area contributed by atoms with Crippen LogP contribution in [0.25, 0.3) is 10.9 Å². The molecule has 0 aliphatic carbocycles. The number of pyridine rings is 1. The summed E-state index contributed by atoms with van der Waals surface area (Å²) in [6.45, 7) is 0. The van der Waals surface area contributed by atoms with Gasteiger partial charge < -0.3 is 14.6 Å². The van der Waals surface area contributed by atoms with E-state index in [0.29, 0.717) is 16.6 Å². The van der Waals surface area contributed by atoms with E-state index in [1.54, 1.807) is 37.7 Å². The van der Waals surface area contributed by atoms with E-state index in [1.807, 2.05) is 42.1 Å². The number of hydrogen-bond acceptors (Lipinski definition) is 6. The number of non-ortho nitro benzene ring substituents is 1. The topological polar surface area (TPSA) is 95.1 Å². The van der Waals surface area contributed by atoms with Crippen LogP contribution in [-0.2, 0) is 7.05 Å². The highest BCUT2D eigenvalue weighted by molar-refractivity contribution is 5.96. The summed E-state index contributed by atoms with van der Waals surface area (Å²) in [4.78, 5) is 19.9. The van der Waals surface area contributed by atoms with Gasteiger partial charge in [0.1, 0.15) is 23.1 Å². The second kappa shape index (κ2) is 7.59. The van der Waals surface area contributed by atoms with E-state index in [4.69, 9.17) is 4.74 Å². The molecule has 2 aromatic carbocycles. The number of anilines is 1. The van der Waals surface area contributed by atoms with Gasteiger partial charge in [-0.2, -0.15) is 0 Å². The van der Waals surface area contributed by atoms with Gasteiger partial charge >= 0.3 is 0 Å². The van der Waals surface area contributed by atoms with Gasteiger partial charge in [-0.1, -0.05) is 12.1 Å². The van der Waals surface area contributed by atoms with Gasteiger partial charge in [0.2, 0.25) is 0 Å². The highest BCUT2D eigenvalue weighted by atomic mass is 16.6. The van der Waals surface area contributed by atoms with E-state index >= 15 is 0 Å². The summed E-state index contributed by atoms with van der Waals surface area (Å²) in [6.07, 6.45) is 5.23. The number of aromatic nitrogens is 3. The molecule has 0 bridgehead atoms. The first-order chi connectivity index (χ1) is 14.1. The number of ether oxygens (including phenoxy) is 1. The van der Waals surface area contributed by atoms with Crippen LogP contribution < -0.4 is 10.1 Å². The number of methoxy groups -OCH3 is 1. The molecular weight excluding hydrogens is 370 g/mol. The number of imidazole rings is 1. The second-order valence-electron chi connectivity index (χ2n) is 6.54. The van der Waals surface area contributed by atoms with Gasteiger partial charge in [0.25, 0.3) is 5.69 Å². The largest absolute Gasteiger partial charge is 0.497 e. The van der Waals surface area contributed by atoms with Crippen LogP contribution in [0.15, 0.2) is 67.1 Å². The third kappa shape index (κ3) is 3.47. The minimum atomic E-state index is -0.397. The van der Waals surface area contributed by atoms with Crippen LogP contribution in [0.4, 0.5) is 11.4 Å². The molecule has 0 aliphatic heterocycles. The third-order valence-corrected chi connectivity index (χ3v) is 4.79. The Kier molecular flexibility index (Phi) is 4.82. The quantitative estimate of drug-likeness (QED) is 0.394. The number of aryl methyl sites for hydroxylation is 1. The highest BCUT2D eigenvalue weighted by Crippen LogP contribution is 2.34. The zero-order valence-electron chi connectivity index (χ0n) is 15.9. The van der Waals surface area contributed by atoms with Gasteiger partial charge in [-0.25, -0.2) is 4.98 Å². The van der Waals surface area contributed by atoms with Gasteiger partial charge in [0.15, 0.2) is 0 Å². The van der Waals surface area contributed by atoms with Crippen LogP contribution in [0, 0.1) is 10.1 Å². The molecule has 4 aromatic rings. The number of nitrogens with one attached hydrogen (secondary N) is 1. The first-order valence-electron chi connectivity index (χ1n) is 8.98. The molecular formula is C21H19N5O3. The summed E-state index contributed by atoms with van der Waals surface area (Å²) in [5, 5.41) is 15.4. The molecule has 0 aliphatic rings. The Hall–Kier alpha value is -3.94. The van der Waals surface area contributed by atoms with Crippen molar-refractivity contribution in [3.8, 4) is 5.75 Å².